The first-order chi connectivity index (χ1) is 8.90. The van der Waals surface area contributed by atoms with Crippen LogP contribution in [-0.4, -0.2) is 33.5 Å². The molecule has 0 amide bonds. The number of nitrogens with zero attached hydrogens (tertiary/aromatic N) is 4. The van der Waals surface area contributed by atoms with E-state index in [2.05, 4.69) is 15.5 Å². The van der Waals surface area contributed by atoms with Crippen molar-refractivity contribution >= 4 is 5.69 Å². The van der Waals surface area contributed by atoms with Crippen LogP contribution in [0.5, 0.6) is 5.75 Å². The molecule has 19 heavy (non-hydrogen) atoms. The minimum Gasteiger partial charge on any atom is -0.495 e. The van der Waals surface area contributed by atoms with E-state index in [0.29, 0.717) is 21.7 Å². The molecule has 102 valence electrons. The van der Waals surface area contributed by atoms with Gasteiger partial charge < -0.3 is 10.5 Å². The molecule has 0 aliphatic rings. The predicted molar refractivity (Wildman–Crippen MR) is 60.3 cm³/mol. The Kier molecular flexibility index (Phi) is 3.28. The van der Waals surface area contributed by atoms with Crippen LogP contribution in [0.3, 0.4) is 0 Å². The number of hydrogen-bond donors (Lipinski definition) is 1. The van der Waals surface area contributed by atoms with E-state index in [-0.39, 0.29) is 5.82 Å². The molecule has 0 bridgehead atoms. The highest BCUT2D eigenvalue weighted by molar-refractivity contribution is 5.66. The fourth-order valence-electron chi connectivity index (χ4n) is 1.56. The number of alkyl halides is 3. The smallest absolute Gasteiger partial charge is 0.408 e. The van der Waals surface area contributed by atoms with Gasteiger partial charge in [-0.3, -0.25) is 0 Å². The van der Waals surface area contributed by atoms with E-state index in [9.17, 15) is 13.2 Å². The summed E-state index contributed by atoms with van der Waals surface area (Å²) in [5.74, 6) is 0.422. The van der Waals surface area contributed by atoms with Gasteiger partial charge in [-0.05, 0) is 28.6 Å². The van der Waals surface area contributed by atoms with E-state index in [0.717, 1.165) is 0 Å². The number of halogens is 3. The molecule has 0 spiro atoms. The standard InChI is InChI=1S/C10H10F3N5O/c1-19-8-3-2-6(4-7(8)14)9-15-16-17-18(9)5-10(11,12)13/h2-4H,5,14H2,1H3. The summed E-state index contributed by atoms with van der Waals surface area (Å²) < 4.78 is 42.7. The van der Waals surface area contributed by atoms with Gasteiger partial charge in [0, 0.05) is 5.56 Å². The highest BCUT2D eigenvalue weighted by atomic mass is 19.4. The zero-order valence-corrected chi connectivity index (χ0v) is 9.85. The van der Waals surface area contributed by atoms with Gasteiger partial charge in [0.2, 0.25) is 0 Å². The van der Waals surface area contributed by atoms with Crippen molar-refractivity contribution in [2.75, 3.05) is 12.8 Å². The molecule has 0 atom stereocenters. The normalized spacial score (nSPS) is 11.6. The van der Waals surface area contributed by atoms with Crippen molar-refractivity contribution < 1.29 is 17.9 Å². The molecule has 0 unspecified atom stereocenters. The van der Waals surface area contributed by atoms with Crippen LogP contribution in [0.15, 0.2) is 18.2 Å². The third-order valence-corrected chi connectivity index (χ3v) is 2.35. The minimum atomic E-state index is -4.40. The first kappa shape index (κ1) is 13.1. The van der Waals surface area contributed by atoms with Crippen LogP contribution in [-0.2, 0) is 6.54 Å². The number of anilines is 1. The molecule has 2 N–H and O–H groups in total. The van der Waals surface area contributed by atoms with Gasteiger partial charge in [-0.2, -0.15) is 13.2 Å². The highest BCUT2D eigenvalue weighted by Gasteiger charge is 2.30. The molecule has 2 aromatic rings. The van der Waals surface area contributed by atoms with E-state index in [1.165, 1.54) is 25.3 Å². The number of nitrogens with two attached hydrogens (primary N) is 1. The van der Waals surface area contributed by atoms with Gasteiger partial charge in [0.1, 0.15) is 12.3 Å². The molecule has 1 aromatic heterocycles. The first-order valence-corrected chi connectivity index (χ1v) is 5.17. The molecule has 1 aromatic carbocycles. The molecule has 9 heteroatoms. The second kappa shape index (κ2) is 4.75. The summed E-state index contributed by atoms with van der Waals surface area (Å²) in [7, 11) is 1.44. The topological polar surface area (TPSA) is 78.9 Å². The molecular formula is C10H10F3N5O. The van der Waals surface area contributed by atoms with Gasteiger partial charge in [0.15, 0.2) is 5.82 Å². The lowest BCUT2D eigenvalue weighted by Crippen LogP contribution is -2.19. The van der Waals surface area contributed by atoms with Crippen molar-refractivity contribution in [2.45, 2.75) is 12.7 Å². The van der Waals surface area contributed by atoms with Crippen molar-refractivity contribution in [3.8, 4) is 17.1 Å². The Morgan fingerprint density at radius 2 is 2.11 bits per heavy atom. The van der Waals surface area contributed by atoms with Crippen LogP contribution in [0.1, 0.15) is 0 Å². The Labute approximate surface area is 106 Å². The molecule has 0 saturated heterocycles. The molecule has 2 rings (SSSR count). The number of methoxy groups -OCH3 is 1. The summed E-state index contributed by atoms with van der Waals surface area (Å²) >= 11 is 0. The third kappa shape index (κ3) is 2.92. The Morgan fingerprint density at radius 1 is 1.37 bits per heavy atom. The first-order valence-electron chi connectivity index (χ1n) is 5.17. The molecule has 0 fully saturated rings. The van der Waals surface area contributed by atoms with Crippen LogP contribution in [0.4, 0.5) is 18.9 Å². The maximum absolute atomic E-state index is 12.4. The summed E-state index contributed by atoms with van der Waals surface area (Å²) in [6.45, 7) is -1.26. The van der Waals surface area contributed by atoms with Gasteiger partial charge in [-0.15, -0.1) is 5.10 Å². The summed E-state index contributed by atoms with van der Waals surface area (Å²) in [5.41, 5.74) is 6.37. The number of tetrazole rings is 1. The second-order valence-electron chi connectivity index (χ2n) is 3.73. The van der Waals surface area contributed by atoms with E-state index in [1.54, 1.807) is 0 Å². The lowest BCUT2D eigenvalue weighted by atomic mass is 10.2. The molecule has 0 radical (unpaired) electrons. The van der Waals surface area contributed by atoms with Gasteiger partial charge >= 0.3 is 6.18 Å². The highest BCUT2D eigenvalue weighted by Crippen LogP contribution is 2.28. The van der Waals surface area contributed by atoms with Crippen LogP contribution >= 0.6 is 0 Å². The quantitative estimate of drug-likeness (QED) is 0.857. The van der Waals surface area contributed by atoms with Crippen LogP contribution in [0, 0.1) is 0 Å². The zero-order chi connectivity index (χ0) is 14.0. The summed E-state index contributed by atoms with van der Waals surface area (Å²) in [6.07, 6.45) is -4.40. The number of aromatic nitrogens is 4. The average Bonchev–Trinajstić information content (AvgIpc) is 2.74. The number of rotatable bonds is 3. The SMILES string of the molecule is COc1ccc(-c2nnnn2CC(F)(F)F)cc1N. The van der Waals surface area contributed by atoms with E-state index in [1.807, 2.05) is 0 Å². The van der Waals surface area contributed by atoms with Crippen molar-refractivity contribution in [3.63, 3.8) is 0 Å². The maximum Gasteiger partial charge on any atom is 0.408 e. The molecule has 6 nitrogen and oxygen atoms in total. The molecule has 0 saturated carbocycles. The number of ether oxygens (including phenoxy) is 1. The number of benzene rings is 1. The zero-order valence-electron chi connectivity index (χ0n) is 9.85. The van der Waals surface area contributed by atoms with Gasteiger partial charge in [0.25, 0.3) is 0 Å². The van der Waals surface area contributed by atoms with Crippen molar-refractivity contribution in [2.24, 2.45) is 0 Å². The minimum absolute atomic E-state index is 0.00771. The molecule has 0 aliphatic heterocycles. The summed E-state index contributed by atoms with van der Waals surface area (Å²) in [5, 5.41) is 10.1. The van der Waals surface area contributed by atoms with Crippen molar-refractivity contribution in [1.29, 1.82) is 0 Å². The maximum atomic E-state index is 12.4. The third-order valence-electron chi connectivity index (χ3n) is 2.35. The van der Waals surface area contributed by atoms with Crippen molar-refractivity contribution in [1.82, 2.24) is 20.2 Å². The van der Waals surface area contributed by atoms with Gasteiger partial charge in [-0.25, -0.2) is 4.68 Å². The lowest BCUT2D eigenvalue weighted by molar-refractivity contribution is -0.142. The predicted octanol–water partition coefficient (Wildman–Crippen LogP) is 1.49. The van der Waals surface area contributed by atoms with Crippen LogP contribution in [0.25, 0.3) is 11.4 Å². The fourth-order valence-corrected chi connectivity index (χ4v) is 1.56. The fraction of sp³-hybridized carbons (Fsp3) is 0.300. The van der Waals surface area contributed by atoms with E-state index < -0.39 is 12.7 Å². The van der Waals surface area contributed by atoms with Crippen molar-refractivity contribution in [3.05, 3.63) is 18.2 Å². The number of nitrogen functional groups attached to an aromatic ring is 1. The number of hydrogen-bond acceptors (Lipinski definition) is 5. The van der Waals surface area contributed by atoms with Gasteiger partial charge in [-0.1, -0.05) is 0 Å². The Morgan fingerprint density at radius 3 is 2.68 bits per heavy atom. The van der Waals surface area contributed by atoms with Crippen LogP contribution < -0.4 is 10.5 Å². The second-order valence-corrected chi connectivity index (χ2v) is 3.73. The Balaban J connectivity index is 2.37. The largest absolute Gasteiger partial charge is 0.495 e. The van der Waals surface area contributed by atoms with Crippen LogP contribution in [0.2, 0.25) is 0 Å². The van der Waals surface area contributed by atoms with Gasteiger partial charge in [0.05, 0.1) is 12.8 Å². The Bertz CT molecular complexity index is 581. The summed E-state index contributed by atoms with van der Waals surface area (Å²) in [4.78, 5) is 0. The molecular weight excluding hydrogens is 263 g/mol. The monoisotopic (exact) mass is 273 g/mol. The van der Waals surface area contributed by atoms with E-state index >= 15 is 0 Å². The lowest BCUT2D eigenvalue weighted by Gasteiger charge is -2.09. The molecule has 1 heterocycles. The molecule has 0 aliphatic carbocycles. The van der Waals surface area contributed by atoms with E-state index in [4.69, 9.17) is 10.5 Å². The average molecular weight is 273 g/mol. The summed E-state index contributed by atoms with van der Waals surface area (Å²) in [6, 6.07) is 4.53. The Hall–Kier alpha value is -2.32.